The second-order valence-corrected chi connectivity index (χ2v) is 4.46. The first kappa shape index (κ1) is 11.4. The quantitative estimate of drug-likeness (QED) is 0.843. The summed E-state index contributed by atoms with van der Waals surface area (Å²) in [5.41, 5.74) is 3.68. The minimum atomic E-state index is -0.0657. The number of hydrogen-bond donors (Lipinski definition) is 1. The van der Waals surface area contributed by atoms with Crippen molar-refractivity contribution in [3.8, 4) is 5.75 Å². The Kier molecular flexibility index (Phi) is 2.91. The molecule has 3 heteroatoms. The topological polar surface area (TPSA) is 30.5 Å². The normalized spacial score (nSPS) is 18.0. The first-order valence-corrected chi connectivity index (χ1v) is 5.55. The number of methoxy groups -OCH3 is 1. The van der Waals surface area contributed by atoms with Crippen LogP contribution in [0.15, 0.2) is 12.1 Å². The SMILES string of the molecule is CNC1(c2cc(C)c(C)cc2OC)COC1. The molecule has 1 aromatic carbocycles. The lowest BCUT2D eigenvalue weighted by Gasteiger charge is -2.42. The molecule has 0 bridgehead atoms. The number of likely N-dealkylation sites (N-methyl/N-ethyl adjacent to an activating group) is 1. The van der Waals surface area contributed by atoms with Crippen molar-refractivity contribution in [3.05, 3.63) is 28.8 Å². The number of nitrogens with one attached hydrogen (secondary N) is 1. The van der Waals surface area contributed by atoms with Gasteiger partial charge in [0.25, 0.3) is 0 Å². The summed E-state index contributed by atoms with van der Waals surface area (Å²) in [6.07, 6.45) is 0. The Morgan fingerprint density at radius 2 is 1.88 bits per heavy atom. The highest BCUT2D eigenvalue weighted by Gasteiger charge is 2.41. The molecule has 0 amide bonds. The first-order chi connectivity index (χ1) is 7.63. The molecule has 0 unspecified atom stereocenters. The van der Waals surface area contributed by atoms with E-state index in [1.165, 1.54) is 16.7 Å². The van der Waals surface area contributed by atoms with E-state index in [1.54, 1.807) is 7.11 Å². The molecule has 0 atom stereocenters. The molecule has 16 heavy (non-hydrogen) atoms. The summed E-state index contributed by atoms with van der Waals surface area (Å²) < 4.78 is 10.8. The van der Waals surface area contributed by atoms with E-state index in [0.717, 1.165) is 5.75 Å². The van der Waals surface area contributed by atoms with E-state index in [2.05, 4.69) is 31.3 Å². The lowest BCUT2D eigenvalue weighted by molar-refractivity contribution is -0.0756. The Bertz CT molecular complexity index is 392. The number of ether oxygens (including phenoxy) is 2. The molecule has 1 aliphatic heterocycles. The molecule has 3 nitrogen and oxygen atoms in total. The molecular formula is C13H19NO2. The van der Waals surface area contributed by atoms with Crippen LogP contribution in [0.25, 0.3) is 0 Å². The van der Waals surface area contributed by atoms with E-state index in [4.69, 9.17) is 9.47 Å². The zero-order valence-corrected chi connectivity index (χ0v) is 10.4. The summed E-state index contributed by atoms with van der Waals surface area (Å²) >= 11 is 0. The van der Waals surface area contributed by atoms with Gasteiger partial charge in [0.15, 0.2) is 0 Å². The molecule has 0 saturated carbocycles. The number of aryl methyl sites for hydroxylation is 2. The van der Waals surface area contributed by atoms with E-state index in [0.29, 0.717) is 13.2 Å². The first-order valence-electron chi connectivity index (χ1n) is 5.55. The maximum absolute atomic E-state index is 5.47. The zero-order valence-electron chi connectivity index (χ0n) is 10.4. The third-order valence-electron chi connectivity index (χ3n) is 3.51. The van der Waals surface area contributed by atoms with Crippen molar-refractivity contribution < 1.29 is 9.47 Å². The van der Waals surface area contributed by atoms with Crippen LogP contribution in [0.4, 0.5) is 0 Å². The lowest BCUT2D eigenvalue weighted by Crippen LogP contribution is -2.56. The molecule has 0 spiro atoms. The predicted molar refractivity (Wildman–Crippen MR) is 64.0 cm³/mol. The fourth-order valence-corrected chi connectivity index (χ4v) is 2.07. The summed E-state index contributed by atoms with van der Waals surface area (Å²) in [6.45, 7) is 5.65. The van der Waals surface area contributed by atoms with Crippen molar-refractivity contribution in [2.24, 2.45) is 0 Å². The average molecular weight is 221 g/mol. The molecule has 0 aromatic heterocycles. The third-order valence-corrected chi connectivity index (χ3v) is 3.51. The van der Waals surface area contributed by atoms with E-state index in [1.807, 2.05) is 7.05 Å². The highest BCUT2D eigenvalue weighted by molar-refractivity contribution is 5.46. The molecule has 1 aromatic rings. The number of hydrogen-bond acceptors (Lipinski definition) is 3. The van der Waals surface area contributed by atoms with Gasteiger partial charge in [0, 0.05) is 5.56 Å². The van der Waals surface area contributed by atoms with Gasteiger partial charge < -0.3 is 14.8 Å². The summed E-state index contributed by atoms with van der Waals surface area (Å²) in [5, 5.41) is 3.35. The van der Waals surface area contributed by atoms with Crippen LogP contribution < -0.4 is 10.1 Å². The van der Waals surface area contributed by atoms with Crippen LogP contribution in [0.3, 0.4) is 0 Å². The maximum atomic E-state index is 5.47. The van der Waals surface area contributed by atoms with Gasteiger partial charge in [-0.1, -0.05) is 6.07 Å². The Morgan fingerprint density at radius 3 is 2.31 bits per heavy atom. The highest BCUT2D eigenvalue weighted by atomic mass is 16.5. The molecule has 2 rings (SSSR count). The Balaban J connectivity index is 2.50. The van der Waals surface area contributed by atoms with Crippen LogP contribution in [0.1, 0.15) is 16.7 Å². The molecule has 1 N–H and O–H groups in total. The second-order valence-electron chi connectivity index (χ2n) is 4.46. The lowest BCUT2D eigenvalue weighted by atomic mass is 9.85. The maximum Gasteiger partial charge on any atom is 0.124 e. The van der Waals surface area contributed by atoms with Crippen molar-refractivity contribution >= 4 is 0 Å². The summed E-state index contributed by atoms with van der Waals surface area (Å²) in [7, 11) is 3.69. The van der Waals surface area contributed by atoms with Gasteiger partial charge in [-0.2, -0.15) is 0 Å². The molecule has 0 aliphatic carbocycles. The van der Waals surface area contributed by atoms with Crippen molar-refractivity contribution in [1.82, 2.24) is 5.32 Å². The molecule has 1 aliphatic rings. The van der Waals surface area contributed by atoms with Gasteiger partial charge in [0.2, 0.25) is 0 Å². The smallest absolute Gasteiger partial charge is 0.124 e. The van der Waals surface area contributed by atoms with E-state index in [-0.39, 0.29) is 5.54 Å². The van der Waals surface area contributed by atoms with E-state index >= 15 is 0 Å². The van der Waals surface area contributed by atoms with Crippen LogP contribution >= 0.6 is 0 Å². The predicted octanol–water partition coefficient (Wildman–Crippen LogP) is 1.76. The van der Waals surface area contributed by atoms with Crippen molar-refractivity contribution in [2.45, 2.75) is 19.4 Å². The van der Waals surface area contributed by atoms with Crippen LogP contribution in [0.5, 0.6) is 5.75 Å². The van der Waals surface area contributed by atoms with Crippen LogP contribution in [0.2, 0.25) is 0 Å². The van der Waals surface area contributed by atoms with Gasteiger partial charge >= 0.3 is 0 Å². The fraction of sp³-hybridized carbons (Fsp3) is 0.538. The largest absolute Gasteiger partial charge is 0.496 e. The number of rotatable bonds is 3. The molecule has 1 heterocycles. The summed E-state index contributed by atoms with van der Waals surface area (Å²) in [6, 6.07) is 4.30. The van der Waals surface area contributed by atoms with Crippen molar-refractivity contribution in [3.63, 3.8) is 0 Å². The highest BCUT2D eigenvalue weighted by Crippen LogP contribution is 2.37. The van der Waals surface area contributed by atoms with Gasteiger partial charge in [0.1, 0.15) is 5.75 Å². The molecular weight excluding hydrogens is 202 g/mol. The molecule has 0 radical (unpaired) electrons. The fourth-order valence-electron chi connectivity index (χ4n) is 2.07. The van der Waals surface area contributed by atoms with Gasteiger partial charge in [-0.25, -0.2) is 0 Å². The molecule has 1 fully saturated rings. The van der Waals surface area contributed by atoms with E-state index in [9.17, 15) is 0 Å². The van der Waals surface area contributed by atoms with Gasteiger partial charge in [0.05, 0.1) is 25.9 Å². The Morgan fingerprint density at radius 1 is 1.25 bits per heavy atom. The monoisotopic (exact) mass is 221 g/mol. The van der Waals surface area contributed by atoms with Gasteiger partial charge in [-0.15, -0.1) is 0 Å². The minimum Gasteiger partial charge on any atom is -0.496 e. The van der Waals surface area contributed by atoms with Crippen LogP contribution in [-0.2, 0) is 10.3 Å². The number of benzene rings is 1. The van der Waals surface area contributed by atoms with Crippen molar-refractivity contribution in [1.29, 1.82) is 0 Å². The standard InChI is InChI=1S/C13H19NO2/c1-9-5-11(12(15-4)6-10(9)2)13(14-3)7-16-8-13/h5-6,14H,7-8H2,1-4H3. The zero-order chi connectivity index (χ0) is 11.8. The second kappa shape index (κ2) is 4.07. The summed E-state index contributed by atoms with van der Waals surface area (Å²) in [5.74, 6) is 0.945. The Hall–Kier alpha value is -1.06. The van der Waals surface area contributed by atoms with Crippen molar-refractivity contribution in [2.75, 3.05) is 27.4 Å². The third kappa shape index (κ3) is 1.60. The van der Waals surface area contributed by atoms with E-state index < -0.39 is 0 Å². The Labute approximate surface area is 96.8 Å². The molecule has 88 valence electrons. The van der Waals surface area contributed by atoms with Gasteiger partial charge in [-0.3, -0.25) is 0 Å². The van der Waals surface area contributed by atoms with Crippen LogP contribution in [-0.4, -0.2) is 27.4 Å². The molecule has 1 saturated heterocycles. The summed E-state index contributed by atoms with van der Waals surface area (Å²) in [4.78, 5) is 0. The van der Waals surface area contributed by atoms with Gasteiger partial charge in [-0.05, 0) is 38.1 Å². The minimum absolute atomic E-state index is 0.0657. The average Bonchev–Trinajstić information content (AvgIpc) is 2.22. The van der Waals surface area contributed by atoms with Crippen LogP contribution in [0, 0.1) is 13.8 Å².